The summed E-state index contributed by atoms with van der Waals surface area (Å²) in [6, 6.07) is 3.53. The van der Waals surface area contributed by atoms with Gasteiger partial charge in [-0.2, -0.15) is 0 Å². The fourth-order valence-electron chi connectivity index (χ4n) is 2.95. The SMILES string of the molecule is Cc1cc(Br)cnc1N(CC1CCCCN1)C1CC1. The van der Waals surface area contributed by atoms with Crippen molar-refractivity contribution < 1.29 is 0 Å². The van der Waals surface area contributed by atoms with Gasteiger partial charge in [0.05, 0.1) is 0 Å². The molecule has 2 heterocycles. The number of piperidine rings is 1. The molecule has 0 bridgehead atoms. The maximum Gasteiger partial charge on any atom is 0.131 e. The Morgan fingerprint density at radius 1 is 1.37 bits per heavy atom. The van der Waals surface area contributed by atoms with Crippen LogP contribution in [0.4, 0.5) is 5.82 Å². The summed E-state index contributed by atoms with van der Waals surface area (Å²) in [5, 5.41) is 3.65. The number of pyridine rings is 1. The molecule has 1 aromatic heterocycles. The summed E-state index contributed by atoms with van der Waals surface area (Å²) in [7, 11) is 0. The van der Waals surface area contributed by atoms with Crippen LogP contribution in [0.25, 0.3) is 0 Å². The fourth-order valence-corrected chi connectivity index (χ4v) is 3.39. The van der Waals surface area contributed by atoms with E-state index >= 15 is 0 Å². The van der Waals surface area contributed by atoms with Gasteiger partial charge in [-0.25, -0.2) is 4.98 Å². The minimum absolute atomic E-state index is 0.638. The molecule has 1 aliphatic heterocycles. The summed E-state index contributed by atoms with van der Waals surface area (Å²) in [6.45, 7) is 4.45. The Kier molecular flexibility index (Phi) is 4.08. The molecule has 4 heteroatoms. The van der Waals surface area contributed by atoms with Crippen LogP contribution in [0, 0.1) is 6.92 Å². The standard InChI is InChI=1S/C15H22BrN3/c1-11-8-12(16)9-18-15(11)19(14-5-6-14)10-13-4-2-3-7-17-13/h8-9,13-14,17H,2-7,10H2,1H3. The lowest BCUT2D eigenvalue weighted by atomic mass is 10.0. The lowest BCUT2D eigenvalue weighted by molar-refractivity contribution is 0.397. The van der Waals surface area contributed by atoms with Crippen molar-refractivity contribution in [3.63, 3.8) is 0 Å². The van der Waals surface area contributed by atoms with Crippen LogP contribution in [0.5, 0.6) is 0 Å². The first kappa shape index (κ1) is 13.4. The first-order valence-electron chi connectivity index (χ1n) is 7.36. The summed E-state index contributed by atoms with van der Waals surface area (Å²) in [5.74, 6) is 1.18. The van der Waals surface area contributed by atoms with Gasteiger partial charge in [0.25, 0.3) is 0 Å². The van der Waals surface area contributed by atoms with Crippen molar-refractivity contribution in [2.45, 2.75) is 51.1 Å². The van der Waals surface area contributed by atoms with Crippen molar-refractivity contribution in [3.8, 4) is 0 Å². The lowest BCUT2D eigenvalue weighted by Gasteiger charge is -2.32. The summed E-state index contributed by atoms with van der Waals surface area (Å²) in [6.07, 6.45) is 8.57. The van der Waals surface area contributed by atoms with Crippen molar-refractivity contribution in [2.24, 2.45) is 0 Å². The molecule has 1 unspecified atom stereocenters. The van der Waals surface area contributed by atoms with E-state index in [2.05, 4.69) is 44.1 Å². The number of aromatic nitrogens is 1. The van der Waals surface area contributed by atoms with Crippen molar-refractivity contribution >= 4 is 21.7 Å². The molecule has 2 fully saturated rings. The molecule has 0 spiro atoms. The number of halogens is 1. The Balaban J connectivity index is 1.76. The molecule has 1 saturated heterocycles. The molecule has 1 N–H and O–H groups in total. The highest BCUT2D eigenvalue weighted by atomic mass is 79.9. The number of rotatable bonds is 4. The predicted molar refractivity (Wildman–Crippen MR) is 82.7 cm³/mol. The molecule has 0 amide bonds. The molecule has 1 aliphatic carbocycles. The quantitative estimate of drug-likeness (QED) is 0.921. The smallest absolute Gasteiger partial charge is 0.131 e. The zero-order chi connectivity index (χ0) is 13.2. The number of anilines is 1. The molecular formula is C15H22BrN3. The molecule has 1 aromatic rings. The van der Waals surface area contributed by atoms with Gasteiger partial charge < -0.3 is 10.2 Å². The van der Waals surface area contributed by atoms with E-state index in [0.29, 0.717) is 6.04 Å². The van der Waals surface area contributed by atoms with Crippen LogP contribution in [0.15, 0.2) is 16.7 Å². The zero-order valence-corrected chi connectivity index (χ0v) is 13.1. The van der Waals surface area contributed by atoms with Crippen LogP contribution in [0.3, 0.4) is 0 Å². The normalized spacial score (nSPS) is 23.4. The second-order valence-electron chi connectivity index (χ2n) is 5.82. The summed E-state index contributed by atoms with van der Waals surface area (Å²) in [4.78, 5) is 7.19. The largest absolute Gasteiger partial charge is 0.352 e. The van der Waals surface area contributed by atoms with E-state index in [1.807, 2.05) is 6.20 Å². The zero-order valence-electron chi connectivity index (χ0n) is 11.5. The molecule has 19 heavy (non-hydrogen) atoms. The van der Waals surface area contributed by atoms with E-state index in [4.69, 9.17) is 0 Å². The van der Waals surface area contributed by atoms with Crippen LogP contribution in [0.1, 0.15) is 37.7 Å². The Hall–Kier alpha value is -0.610. The number of nitrogens with one attached hydrogen (secondary N) is 1. The molecule has 1 atom stereocenters. The van der Waals surface area contributed by atoms with Crippen LogP contribution < -0.4 is 10.2 Å². The number of hydrogen-bond donors (Lipinski definition) is 1. The second-order valence-corrected chi connectivity index (χ2v) is 6.74. The average Bonchev–Trinajstić information content (AvgIpc) is 3.22. The number of nitrogens with zero attached hydrogens (tertiary/aromatic N) is 2. The van der Waals surface area contributed by atoms with E-state index in [0.717, 1.165) is 17.1 Å². The fraction of sp³-hybridized carbons (Fsp3) is 0.667. The van der Waals surface area contributed by atoms with Crippen LogP contribution in [0.2, 0.25) is 0 Å². The summed E-state index contributed by atoms with van der Waals surface area (Å²) >= 11 is 3.50. The van der Waals surface area contributed by atoms with Gasteiger partial charge in [-0.1, -0.05) is 6.42 Å². The van der Waals surface area contributed by atoms with Crippen LogP contribution in [-0.4, -0.2) is 30.2 Å². The monoisotopic (exact) mass is 323 g/mol. The van der Waals surface area contributed by atoms with E-state index in [1.54, 1.807) is 0 Å². The highest BCUT2D eigenvalue weighted by molar-refractivity contribution is 9.10. The van der Waals surface area contributed by atoms with E-state index in [1.165, 1.54) is 50.0 Å². The first-order chi connectivity index (χ1) is 9.24. The molecule has 1 saturated carbocycles. The highest BCUT2D eigenvalue weighted by Crippen LogP contribution is 2.33. The maximum atomic E-state index is 4.66. The van der Waals surface area contributed by atoms with Crippen LogP contribution >= 0.6 is 15.9 Å². The predicted octanol–water partition coefficient (Wildman–Crippen LogP) is 3.26. The van der Waals surface area contributed by atoms with Crippen molar-refractivity contribution in [1.82, 2.24) is 10.3 Å². The molecule has 0 aromatic carbocycles. The summed E-state index contributed by atoms with van der Waals surface area (Å²) in [5.41, 5.74) is 1.28. The summed E-state index contributed by atoms with van der Waals surface area (Å²) < 4.78 is 1.07. The highest BCUT2D eigenvalue weighted by Gasteiger charge is 2.32. The first-order valence-corrected chi connectivity index (χ1v) is 8.15. The van der Waals surface area contributed by atoms with Gasteiger partial charge in [0.1, 0.15) is 5.82 Å². The Morgan fingerprint density at radius 3 is 2.84 bits per heavy atom. The molecule has 0 radical (unpaired) electrons. The van der Waals surface area contributed by atoms with Gasteiger partial charge >= 0.3 is 0 Å². The van der Waals surface area contributed by atoms with Gasteiger partial charge in [0, 0.05) is 29.3 Å². The minimum Gasteiger partial charge on any atom is -0.352 e. The third-order valence-electron chi connectivity index (χ3n) is 4.11. The third kappa shape index (κ3) is 3.29. The molecule has 2 aliphatic rings. The van der Waals surface area contributed by atoms with Crippen molar-refractivity contribution in [1.29, 1.82) is 0 Å². The van der Waals surface area contributed by atoms with Crippen LogP contribution in [-0.2, 0) is 0 Å². The topological polar surface area (TPSA) is 28.2 Å². The van der Waals surface area contributed by atoms with Gasteiger partial charge in [-0.05, 0) is 66.7 Å². The van der Waals surface area contributed by atoms with Gasteiger partial charge in [-0.3, -0.25) is 0 Å². The number of aryl methyl sites for hydroxylation is 1. The molecular weight excluding hydrogens is 302 g/mol. The minimum atomic E-state index is 0.638. The molecule has 104 valence electrons. The molecule has 3 rings (SSSR count). The second kappa shape index (κ2) is 5.80. The number of hydrogen-bond acceptors (Lipinski definition) is 3. The van der Waals surface area contributed by atoms with E-state index in [9.17, 15) is 0 Å². The van der Waals surface area contributed by atoms with Gasteiger partial charge in [0.2, 0.25) is 0 Å². The van der Waals surface area contributed by atoms with Gasteiger partial charge in [-0.15, -0.1) is 0 Å². The Morgan fingerprint density at radius 2 is 2.21 bits per heavy atom. The van der Waals surface area contributed by atoms with Crippen molar-refractivity contribution in [2.75, 3.05) is 18.0 Å². The van der Waals surface area contributed by atoms with E-state index < -0.39 is 0 Å². The molecule has 3 nitrogen and oxygen atoms in total. The Bertz CT molecular complexity index is 439. The van der Waals surface area contributed by atoms with E-state index in [-0.39, 0.29) is 0 Å². The third-order valence-corrected chi connectivity index (χ3v) is 4.54. The van der Waals surface area contributed by atoms with Gasteiger partial charge in [0.15, 0.2) is 0 Å². The van der Waals surface area contributed by atoms with Crippen molar-refractivity contribution in [3.05, 3.63) is 22.3 Å². The lowest BCUT2D eigenvalue weighted by Crippen LogP contribution is -2.45. The Labute approximate surface area is 123 Å². The maximum absolute atomic E-state index is 4.66. The average molecular weight is 324 g/mol.